The maximum absolute atomic E-state index is 12.2. The van der Waals surface area contributed by atoms with Crippen molar-refractivity contribution < 1.29 is 13.9 Å². The number of thioether (sulfide) groups is 1. The van der Waals surface area contributed by atoms with E-state index in [-0.39, 0.29) is 11.7 Å². The van der Waals surface area contributed by atoms with Gasteiger partial charge in [0, 0.05) is 12.1 Å². The van der Waals surface area contributed by atoms with Gasteiger partial charge in [-0.3, -0.25) is 4.79 Å². The molecule has 3 aromatic rings. The molecule has 0 atom stereocenters. The van der Waals surface area contributed by atoms with Crippen LogP contribution < -0.4 is 10.1 Å². The summed E-state index contributed by atoms with van der Waals surface area (Å²) in [6, 6.07) is 14.0. The van der Waals surface area contributed by atoms with Gasteiger partial charge < -0.3 is 14.5 Å². The van der Waals surface area contributed by atoms with Gasteiger partial charge in [-0.25, -0.2) is 0 Å². The first-order valence-electron chi connectivity index (χ1n) is 9.48. The van der Waals surface area contributed by atoms with Gasteiger partial charge in [-0.05, 0) is 61.6 Å². The lowest BCUT2D eigenvalue weighted by Gasteiger charge is -2.08. The molecule has 152 valence electrons. The van der Waals surface area contributed by atoms with Crippen LogP contribution in [0.3, 0.4) is 0 Å². The van der Waals surface area contributed by atoms with Crippen LogP contribution in [-0.2, 0) is 17.6 Å². The number of aromatic nitrogens is 2. The summed E-state index contributed by atoms with van der Waals surface area (Å²) >= 11 is 1.25. The molecule has 0 radical (unpaired) electrons. The van der Waals surface area contributed by atoms with Crippen LogP contribution in [0, 0.1) is 13.8 Å². The molecule has 7 heteroatoms. The Labute approximate surface area is 175 Å². The number of nitrogens with one attached hydrogen (secondary N) is 1. The number of hydrogen-bond acceptors (Lipinski definition) is 6. The molecule has 0 spiro atoms. The van der Waals surface area contributed by atoms with Crippen LogP contribution in [0.1, 0.15) is 29.0 Å². The van der Waals surface area contributed by atoms with Gasteiger partial charge in [-0.1, -0.05) is 36.0 Å². The highest BCUT2D eigenvalue weighted by Crippen LogP contribution is 2.20. The van der Waals surface area contributed by atoms with Crippen LogP contribution in [0.25, 0.3) is 0 Å². The van der Waals surface area contributed by atoms with E-state index in [1.807, 2.05) is 44.2 Å². The second kappa shape index (κ2) is 10.1. The molecular formula is C22H25N3O3S. The molecule has 0 saturated carbocycles. The van der Waals surface area contributed by atoms with Crippen LogP contribution in [0.2, 0.25) is 0 Å². The zero-order chi connectivity index (χ0) is 20.6. The standard InChI is InChI=1S/C22H25N3O3S/c1-15-7-8-16(2)19(13-15)23-20(26)14-29-22-25-24-21(28-22)6-4-5-17-9-11-18(27-3)12-10-17/h7-13H,4-6,14H2,1-3H3,(H,23,26). The highest BCUT2D eigenvalue weighted by molar-refractivity contribution is 7.99. The highest BCUT2D eigenvalue weighted by atomic mass is 32.2. The van der Waals surface area contributed by atoms with Crippen molar-refractivity contribution in [2.45, 2.75) is 38.3 Å². The smallest absolute Gasteiger partial charge is 0.277 e. The minimum Gasteiger partial charge on any atom is -0.497 e. The van der Waals surface area contributed by atoms with Crippen molar-refractivity contribution in [1.29, 1.82) is 0 Å². The zero-order valence-electron chi connectivity index (χ0n) is 16.9. The molecule has 1 aromatic heterocycles. The van der Waals surface area contributed by atoms with E-state index in [9.17, 15) is 4.79 Å². The molecule has 1 N–H and O–H groups in total. The first kappa shape index (κ1) is 20.9. The topological polar surface area (TPSA) is 77.2 Å². The van der Waals surface area contributed by atoms with Gasteiger partial charge in [-0.2, -0.15) is 0 Å². The van der Waals surface area contributed by atoms with Crippen LogP contribution in [-0.4, -0.2) is 29.0 Å². The van der Waals surface area contributed by atoms with E-state index in [0.29, 0.717) is 17.5 Å². The summed E-state index contributed by atoms with van der Waals surface area (Å²) in [7, 11) is 1.66. The SMILES string of the molecule is COc1ccc(CCCc2nnc(SCC(=O)Nc3cc(C)ccc3C)o2)cc1. The van der Waals surface area contributed by atoms with Crippen molar-refractivity contribution in [3.8, 4) is 5.75 Å². The third-order valence-electron chi connectivity index (χ3n) is 4.46. The lowest BCUT2D eigenvalue weighted by atomic mass is 10.1. The maximum Gasteiger partial charge on any atom is 0.277 e. The minimum absolute atomic E-state index is 0.0945. The number of amides is 1. The number of carbonyl (C=O) groups is 1. The van der Waals surface area contributed by atoms with Crippen LogP contribution in [0.15, 0.2) is 52.1 Å². The summed E-state index contributed by atoms with van der Waals surface area (Å²) in [6.45, 7) is 3.97. The van der Waals surface area contributed by atoms with Crippen molar-refractivity contribution in [1.82, 2.24) is 10.2 Å². The number of benzene rings is 2. The van der Waals surface area contributed by atoms with Crippen molar-refractivity contribution in [3.05, 3.63) is 65.0 Å². The second-order valence-electron chi connectivity index (χ2n) is 6.82. The fourth-order valence-electron chi connectivity index (χ4n) is 2.82. The summed E-state index contributed by atoms with van der Waals surface area (Å²) in [6.07, 6.45) is 2.53. The minimum atomic E-state index is -0.0945. The van der Waals surface area contributed by atoms with E-state index in [0.717, 1.165) is 35.4 Å². The number of aryl methyl sites for hydroxylation is 4. The van der Waals surface area contributed by atoms with E-state index in [1.54, 1.807) is 7.11 Å². The fourth-order valence-corrected chi connectivity index (χ4v) is 3.40. The normalized spacial score (nSPS) is 10.7. The Morgan fingerprint density at radius 3 is 2.66 bits per heavy atom. The number of methoxy groups -OCH3 is 1. The lowest BCUT2D eigenvalue weighted by molar-refractivity contribution is -0.113. The van der Waals surface area contributed by atoms with Crippen LogP contribution >= 0.6 is 11.8 Å². The highest BCUT2D eigenvalue weighted by Gasteiger charge is 2.11. The molecule has 0 bridgehead atoms. The Hall–Kier alpha value is -2.80. The van der Waals surface area contributed by atoms with E-state index in [2.05, 4.69) is 27.6 Å². The first-order chi connectivity index (χ1) is 14.0. The number of ether oxygens (including phenoxy) is 1. The Morgan fingerprint density at radius 2 is 1.90 bits per heavy atom. The summed E-state index contributed by atoms with van der Waals surface area (Å²) < 4.78 is 10.8. The monoisotopic (exact) mass is 411 g/mol. The van der Waals surface area contributed by atoms with Crippen LogP contribution in [0.4, 0.5) is 5.69 Å². The maximum atomic E-state index is 12.2. The first-order valence-corrected chi connectivity index (χ1v) is 10.5. The molecule has 3 rings (SSSR count). The summed E-state index contributed by atoms with van der Waals surface area (Å²) in [5, 5.41) is 11.4. The predicted molar refractivity (Wildman–Crippen MR) is 115 cm³/mol. The van der Waals surface area contributed by atoms with Gasteiger partial charge in [0.25, 0.3) is 5.22 Å². The quantitative estimate of drug-likeness (QED) is 0.519. The van der Waals surface area contributed by atoms with Crippen molar-refractivity contribution in [3.63, 3.8) is 0 Å². The Balaban J connectivity index is 1.42. The summed E-state index contributed by atoms with van der Waals surface area (Å²) in [5.41, 5.74) is 4.21. The van der Waals surface area contributed by atoms with Crippen molar-refractivity contribution >= 4 is 23.4 Å². The lowest BCUT2D eigenvalue weighted by Crippen LogP contribution is -2.14. The van der Waals surface area contributed by atoms with Gasteiger partial charge in [0.2, 0.25) is 11.8 Å². The van der Waals surface area contributed by atoms with Crippen molar-refractivity contribution in [2.24, 2.45) is 0 Å². The molecule has 1 heterocycles. The number of hydrogen-bond donors (Lipinski definition) is 1. The number of anilines is 1. The fraction of sp³-hybridized carbons (Fsp3) is 0.318. The number of rotatable bonds is 9. The van der Waals surface area contributed by atoms with Crippen LogP contribution in [0.5, 0.6) is 5.75 Å². The molecule has 6 nitrogen and oxygen atoms in total. The van der Waals surface area contributed by atoms with Gasteiger partial charge in [0.15, 0.2) is 0 Å². The van der Waals surface area contributed by atoms with E-state index in [4.69, 9.17) is 9.15 Å². The molecule has 0 aliphatic rings. The van der Waals surface area contributed by atoms with Gasteiger partial charge >= 0.3 is 0 Å². The van der Waals surface area contributed by atoms with Gasteiger partial charge in [0.05, 0.1) is 12.9 Å². The molecule has 1 amide bonds. The molecule has 0 aliphatic heterocycles. The van der Waals surface area contributed by atoms with Gasteiger partial charge in [0.1, 0.15) is 5.75 Å². The third kappa shape index (κ3) is 6.35. The second-order valence-corrected chi connectivity index (χ2v) is 7.75. The molecule has 0 saturated heterocycles. The average molecular weight is 412 g/mol. The Kier molecular flexibility index (Phi) is 7.30. The summed E-state index contributed by atoms with van der Waals surface area (Å²) in [5.74, 6) is 1.58. The van der Waals surface area contributed by atoms with E-state index >= 15 is 0 Å². The molecule has 0 aliphatic carbocycles. The van der Waals surface area contributed by atoms with Gasteiger partial charge in [-0.15, -0.1) is 10.2 Å². The molecule has 29 heavy (non-hydrogen) atoms. The predicted octanol–water partition coefficient (Wildman–Crippen LogP) is 4.60. The molecule has 0 unspecified atom stereocenters. The third-order valence-corrected chi connectivity index (χ3v) is 5.28. The number of carbonyl (C=O) groups excluding carboxylic acids is 1. The summed E-state index contributed by atoms with van der Waals surface area (Å²) in [4.78, 5) is 12.2. The number of nitrogens with zero attached hydrogens (tertiary/aromatic N) is 2. The Morgan fingerprint density at radius 1 is 1.10 bits per heavy atom. The Bertz CT molecular complexity index is 954. The largest absolute Gasteiger partial charge is 0.497 e. The van der Waals surface area contributed by atoms with E-state index < -0.39 is 0 Å². The zero-order valence-corrected chi connectivity index (χ0v) is 17.7. The van der Waals surface area contributed by atoms with E-state index in [1.165, 1.54) is 17.3 Å². The molecule has 0 fully saturated rings. The molecular weight excluding hydrogens is 386 g/mol. The van der Waals surface area contributed by atoms with Crippen molar-refractivity contribution in [2.75, 3.05) is 18.2 Å². The average Bonchev–Trinajstić information content (AvgIpc) is 3.17. The molecule has 2 aromatic carbocycles.